The fourth-order valence-electron chi connectivity index (χ4n) is 2.23. The average molecular weight is 384 g/mol. The van der Waals surface area contributed by atoms with E-state index in [1.54, 1.807) is 11.0 Å². The van der Waals surface area contributed by atoms with Crippen LogP contribution in [0.3, 0.4) is 0 Å². The van der Waals surface area contributed by atoms with Crippen molar-refractivity contribution in [3.63, 3.8) is 0 Å². The van der Waals surface area contributed by atoms with E-state index in [0.717, 1.165) is 0 Å². The molecule has 0 aliphatic rings. The molecule has 25 heavy (non-hydrogen) atoms. The van der Waals surface area contributed by atoms with E-state index in [1.807, 2.05) is 13.8 Å². The Bertz CT molecular complexity index is 936. The van der Waals surface area contributed by atoms with Crippen molar-refractivity contribution in [3.8, 4) is 0 Å². The van der Waals surface area contributed by atoms with Crippen LogP contribution in [-0.4, -0.2) is 37.3 Å². The lowest BCUT2D eigenvalue weighted by atomic mass is 10.2. The average Bonchev–Trinajstić information content (AvgIpc) is 2.60. The molecule has 0 bridgehead atoms. The number of nitrogens with zero attached hydrogens (tertiary/aromatic N) is 1. The number of nitrogens with one attached hydrogen (secondary N) is 2. The summed E-state index contributed by atoms with van der Waals surface area (Å²) in [6.45, 7) is 4.72. The first-order valence-corrected chi connectivity index (χ1v) is 9.45. The summed E-state index contributed by atoms with van der Waals surface area (Å²) in [5, 5.41) is -0.134. The van der Waals surface area contributed by atoms with Gasteiger partial charge in [-0.3, -0.25) is 14.3 Å². The molecule has 0 radical (unpaired) electrons. The van der Waals surface area contributed by atoms with Gasteiger partial charge < -0.3 is 9.88 Å². The second kappa shape index (κ2) is 7.71. The number of aromatic amines is 1. The van der Waals surface area contributed by atoms with Crippen molar-refractivity contribution in [1.29, 1.82) is 0 Å². The Morgan fingerprint density at radius 1 is 1.24 bits per heavy atom. The summed E-state index contributed by atoms with van der Waals surface area (Å²) in [7, 11) is -4.05. The molecule has 2 N–H and O–H groups in total. The minimum Gasteiger partial charge on any atom is -0.364 e. The zero-order valence-corrected chi connectivity index (χ0v) is 15.3. The number of pyridine rings is 1. The maximum atomic E-state index is 12.5. The predicted molar refractivity (Wildman–Crippen MR) is 96.6 cm³/mol. The van der Waals surface area contributed by atoms with E-state index >= 15 is 0 Å². The summed E-state index contributed by atoms with van der Waals surface area (Å²) in [5.41, 5.74) is -0.584. The highest BCUT2D eigenvalue weighted by molar-refractivity contribution is 7.92. The van der Waals surface area contributed by atoms with Gasteiger partial charge in [0.15, 0.2) is 0 Å². The van der Waals surface area contributed by atoms with Crippen LogP contribution in [0.25, 0.3) is 0 Å². The van der Waals surface area contributed by atoms with Gasteiger partial charge in [0.2, 0.25) is 5.43 Å². The lowest BCUT2D eigenvalue weighted by Gasteiger charge is -2.19. The molecule has 0 spiro atoms. The SMILES string of the molecule is CCN(CC)C(=O)c1cccc(S(=O)(=O)Nc2c[nH]cc(Cl)c2=O)c1. The number of halogens is 1. The molecule has 134 valence electrons. The second-order valence-corrected chi connectivity index (χ2v) is 7.25. The summed E-state index contributed by atoms with van der Waals surface area (Å²) in [4.78, 5) is 28.3. The molecular weight excluding hydrogens is 366 g/mol. The first-order valence-electron chi connectivity index (χ1n) is 7.59. The van der Waals surface area contributed by atoms with Crippen molar-refractivity contribution in [2.24, 2.45) is 0 Å². The minimum absolute atomic E-state index is 0.120. The van der Waals surface area contributed by atoms with Gasteiger partial charge in [-0.2, -0.15) is 0 Å². The molecule has 0 aliphatic heterocycles. The molecule has 1 amide bonds. The highest BCUT2D eigenvalue weighted by Crippen LogP contribution is 2.17. The molecule has 0 saturated carbocycles. The zero-order valence-electron chi connectivity index (χ0n) is 13.7. The Morgan fingerprint density at radius 2 is 1.92 bits per heavy atom. The van der Waals surface area contributed by atoms with E-state index in [9.17, 15) is 18.0 Å². The molecule has 0 saturated heterocycles. The number of aromatic nitrogens is 1. The van der Waals surface area contributed by atoms with E-state index in [4.69, 9.17) is 11.6 Å². The summed E-state index contributed by atoms with van der Waals surface area (Å²) in [6, 6.07) is 5.65. The highest BCUT2D eigenvalue weighted by Gasteiger charge is 2.20. The number of hydrogen-bond donors (Lipinski definition) is 2. The predicted octanol–water partition coefficient (Wildman–Crippen LogP) is 2.31. The lowest BCUT2D eigenvalue weighted by Crippen LogP contribution is -2.30. The van der Waals surface area contributed by atoms with E-state index in [2.05, 4.69) is 9.71 Å². The molecule has 1 heterocycles. The molecule has 9 heteroatoms. The fourth-order valence-corrected chi connectivity index (χ4v) is 3.49. The summed E-state index contributed by atoms with van der Waals surface area (Å²) >= 11 is 5.69. The van der Waals surface area contributed by atoms with E-state index < -0.39 is 15.5 Å². The van der Waals surface area contributed by atoms with Crippen molar-refractivity contribution in [1.82, 2.24) is 9.88 Å². The smallest absolute Gasteiger partial charge is 0.262 e. The Labute approximate surface area is 150 Å². The summed E-state index contributed by atoms with van der Waals surface area (Å²) < 4.78 is 27.2. The first kappa shape index (κ1) is 19.0. The molecule has 2 aromatic rings. The summed E-state index contributed by atoms with van der Waals surface area (Å²) in [6.07, 6.45) is 2.46. The molecule has 0 aliphatic carbocycles. The van der Waals surface area contributed by atoms with Crippen LogP contribution in [-0.2, 0) is 10.0 Å². The number of anilines is 1. The van der Waals surface area contributed by atoms with Crippen molar-refractivity contribution in [2.75, 3.05) is 17.8 Å². The van der Waals surface area contributed by atoms with Gasteiger partial charge in [-0.25, -0.2) is 8.42 Å². The van der Waals surface area contributed by atoms with Gasteiger partial charge in [0.1, 0.15) is 10.7 Å². The maximum absolute atomic E-state index is 12.5. The Morgan fingerprint density at radius 3 is 2.56 bits per heavy atom. The van der Waals surface area contributed by atoms with Gasteiger partial charge in [-0.1, -0.05) is 17.7 Å². The maximum Gasteiger partial charge on any atom is 0.262 e. The van der Waals surface area contributed by atoms with Gasteiger partial charge >= 0.3 is 0 Å². The van der Waals surface area contributed by atoms with Crippen molar-refractivity contribution >= 4 is 33.2 Å². The number of hydrogen-bond acceptors (Lipinski definition) is 4. The number of amides is 1. The second-order valence-electron chi connectivity index (χ2n) is 5.16. The van der Waals surface area contributed by atoms with Crippen molar-refractivity contribution < 1.29 is 13.2 Å². The molecule has 0 fully saturated rings. The fraction of sp³-hybridized carbons (Fsp3) is 0.250. The largest absolute Gasteiger partial charge is 0.364 e. The number of carbonyl (C=O) groups excluding carboxylic acids is 1. The Kier molecular flexibility index (Phi) is 5.86. The number of benzene rings is 1. The third-order valence-corrected chi connectivity index (χ3v) is 5.23. The van der Waals surface area contributed by atoms with Crippen LogP contribution in [0, 0.1) is 0 Å². The van der Waals surface area contributed by atoms with Crippen LogP contribution in [0.15, 0.2) is 46.3 Å². The van der Waals surface area contributed by atoms with Crippen LogP contribution < -0.4 is 10.2 Å². The van der Waals surface area contributed by atoms with E-state index in [1.165, 1.54) is 30.6 Å². The molecule has 0 atom stereocenters. The van der Waals surface area contributed by atoms with Gasteiger partial charge in [0, 0.05) is 31.0 Å². The van der Waals surface area contributed by atoms with Gasteiger partial charge in [0.05, 0.1) is 4.90 Å². The third kappa shape index (κ3) is 4.21. The molecule has 7 nitrogen and oxygen atoms in total. The van der Waals surface area contributed by atoms with Crippen molar-refractivity contribution in [3.05, 3.63) is 57.5 Å². The van der Waals surface area contributed by atoms with Crippen LogP contribution in [0.2, 0.25) is 5.02 Å². The van der Waals surface area contributed by atoms with Crippen LogP contribution in [0.1, 0.15) is 24.2 Å². The van der Waals surface area contributed by atoms with Gasteiger partial charge in [-0.05, 0) is 32.0 Å². The molecule has 1 aromatic carbocycles. The standard InChI is InChI=1S/C16H18ClN3O4S/c1-3-20(4-2)16(22)11-6-5-7-12(8-11)25(23,24)19-14-10-18-9-13(17)15(14)21/h5-10,19H,3-4H2,1-2H3,(H,18,21). The van der Waals surface area contributed by atoms with E-state index in [0.29, 0.717) is 13.1 Å². The minimum atomic E-state index is -4.05. The van der Waals surface area contributed by atoms with Crippen molar-refractivity contribution in [2.45, 2.75) is 18.7 Å². The van der Waals surface area contributed by atoms with Gasteiger partial charge in [-0.15, -0.1) is 0 Å². The zero-order chi connectivity index (χ0) is 18.6. The highest BCUT2D eigenvalue weighted by atomic mass is 35.5. The Hall–Kier alpha value is -2.32. The monoisotopic (exact) mass is 383 g/mol. The first-order chi connectivity index (χ1) is 11.8. The molecular formula is C16H18ClN3O4S. The normalized spacial score (nSPS) is 11.2. The third-order valence-electron chi connectivity index (χ3n) is 3.59. The quantitative estimate of drug-likeness (QED) is 0.799. The number of rotatable bonds is 6. The summed E-state index contributed by atoms with van der Waals surface area (Å²) in [5.74, 6) is -0.261. The Balaban J connectivity index is 2.37. The van der Waals surface area contributed by atoms with Crippen LogP contribution in [0.4, 0.5) is 5.69 Å². The van der Waals surface area contributed by atoms with Gasteiger partial charge in [0.25, 0.3) is 15.9 Å². The van der Waals surface area contributed by atoms with Crippen LogP contribution >= 0.6 is 11.6 Å². The van der Waals surface area contributed by atoms with E-state index in [-0.39, 0.29) is 27.1 Å². The topological polar surface area (TPSA) is 99.3 Å². The molecule has 0 unspecified atom stereocenters. The number of sulfonamides is 1. The lowest BCUT2D eigenvalue weighted by molar-refractivity contribution is 0.0772. The number of carbonyl (C=O) groups is 1. The molecule has 1 aromatic heterocycles. The molecule has 2 rings (SSSR count). The number of H-pyrrole nitrogens is 1. The van der Waals surface area contributed by atoms with Crippen LogP contribution in [0.5, 0.6) is 0 Å².